The second kappa shape index (κ2) is 12.3. The lowest BCUT2D eigenvalue weighted by atomic mass is 9.82. The van der Waals surface area contributed by atoms with Gasteiger partial charge in [-0.2, -0.15) is 0 Å². The van der Waals surface area contributed by atoms with Crippen LogP contribution in [0.2, 0.25) is 0 Å². The van der Waals surface area contributed by atoms with Gasteiger partial charge in [0.05, 0.1) is 22.6 Å². The molecule has 0 atom stereocenters. The van der Waals surface area contributed by atoms with E-state index in [2.05, 4.69) is 29.0 Å². The lowest BCUT2D eigenvalue weighted by Crippen LogP contribution is -2.51. The average molecular weight is 516 g/mol. The zero-order valence-electron chi connectivity index (χ0n) is 21.0. The summed E-state index contributed by atoms with van der Waals surface area (Å²) >= 11 is 3.06. The number of hydrogen-bond donors (Lipinski definition) is 1. The summed E-state index contributed by atoms with van der Waals surface area (Å²) in [4.78, 5) is 33.1. The Balaban J connectivity index is 1.39. The summed E-state index contributed by atoms with van der Waals surface area (Å²) in [7, 11) is 0. The van der Waals surface area contributed by atoms with E-state index in [-0.39, 0.29) is 12.0 Å². The molecule has 2 aliphatic carbocycles. The Morgan fingerprint density at radius 1 is 1.00 bits per heavy atom. The van der Waals surface area contributed by atoms with Gasteiger partial charge in [0.15, 0.2) is 5.13 Å². The van der Waals surface area contributed by atoms with Crippen LogP contribution in [-0.4, -0.2) is 40.6 Å². The Kier molecular flexibility index (Phi) is 9.11. The molecule has 1 N–H and O–H groups in total. The SMILES string of the molecule is CCOC(=O)c1ccc(Sc2cnc(NC(=O)N(C3CCC(C)CC3)C3CCC(C)CC3)s2)cc1. The normalized spacial score (nSPS) is 24.5. The molecule has 2 aromatic rings. The fraction of sp³-hybridized carbons (Fsp3) is 0.593. The fourth-order valence-corrected chi connectivity index (χ4v) is 7.02. The maximum Gasteiger partial charge on any atom is 0.338 e. The number of urea groups is 1. The van der Waals surface area contributed by atoms with Gasteiger partial charge < -0.3 is 9.64 Å². The summed E-state index contributed by atoms with van der Waals surface area (Å²) in [6, 6.07) is 8.03. The van der Waals surface area contributed by atoms with Crippen LogP contribution in [0.4, 0.5) is 9.93 Å². The minimum absolute atomic E-state index is 0.00814. The quantitative estimate of drug-likeness (QED) is 0.387. The second-order valence-corrected chi connectivity index (χ2v) is 12.4. The Morgan fingerprint density at radius 3 is 2.11 bits per heavy atom. The molecular formula is C27H37N3O3S2. The number of benzene rings is 1. The van der Waals surface area contributed by atoms with Crippen molar-refractivity contribution in [1.29, 1.82) is 0 Å². The molecule has 0 spiro atoms. The van der Waals surface area contributed by atoms with Crippen molar-refractivity contribution < 1.29 is 14.3 Å². The third-order valence-corrected chi connectivity index (χ3v) is 9.30. The second-order valence-electron chi connectivity index (χ2n) is 10.00. The van der Waals surface area contributed by atoms with Crippen molar-refractivity contribution in [3.05, 3.63) is 36.0 Å². The first-order valence-electron chi connectivity index (χ1n) is 12.9. The van der Waals surface area contributed by atoms with Crippen LogP contribution in [0.15, 0.2) is 39.6 Å². The number of carbonyl (C=O) groups excluding carboxylic acids is 2. The number of hydrogen-bond acceptors (Lipinski definition) is 6. The maximum atomic E-state index is 13.5. The van der Waals surface area contributed by atoms with Crippen LogP contribution in [0, 0.1) is 11.8 Å². The summed E-state index contributed by atoms with van der Waals surface area (Å²) in [6.45, 7) is 6.80. The summed E-state index contributed by atoms with van der Waals surface area (Å²) in [5, 5.41) is 3.76. The smallest absolute Gasteiger partial charge is 0.338 e. The molecule has 0 saturated heterocycles. The van der Waals surface area contributed by atoms with Gasteiger partial charge in [-0.1, -0.05) is 36.9 Å². The molecule has 1 aromatic carbocycles. The summed E-state index contributed by atoms with van der Waals surface area (Å²) in [5.74, 6) is 1.20. The number of thiazole rings is 1. The molecule has 0 aliphatic heterocycles. The van der Waals surface area contributed by atoms with E-state index in [4.69, 9.17) is 4.74 Å². The maximum absolute atomic E-state index is 13.5. The number of rotatable bonds is 7. The summed E-state index contributed by atoms with van der Waals surface area (Å²) < 4.78 is 6.04. The average Bonchev–Trinajstić information content (AvgIpc) is 3.29. The number of nitrogens with zero attached hydrogens (tertiary/aromatic N) is 2. The Bertz CT molecular complexity index is 956. The zero-order valence-corrected chi connectivity index (χ0v) is 22.6. The third kappa shape index (κ3) is 7.00. The molecule has 4 rings (SSSR count). The highest BCUT2D eigenvalue weighted by Gasteiger charge is 2.35. The van der Waals surface area contributed by atoms with E-state index >= 15 is 0 Å². The molecule has 1 aromatic heterocycles. The standard InChI is InChI=1S/C27H37N3O3S2/c1-4-33-25(31)20-9-15-23(16-10-20)34-24-17-28-26(35-24)29-27(32)30(21-11-5-18(2)6-12-21)22-13-7-19(3)8-14-22/h9-10,15-19,21-22H,4-8,11-14H2,1-3H3,(H,28,29,32). The molecule has 6 nitrogen and oxygen atoms in total. The van der Waals surface area contributed by atoms with Crippen LogP contribution < -0.4 is 5.32 Å². The van der Waals surface area contributed by atoms with Gasteiger partial charge in [-0.3, -0.25) is 5.32 Å². The molecule has 2 amide bonds. The van der Waals surface area contributed by atoms with Crippen molar-refractivity contribution in [2.75, 3.05) is 11.9 Å². The minimum Gasteiger partial charge on any atom is -0.462 e. The summed E-state index contributed by atoms with van der Waals surface area (Å²) in [5.41, 5.74) is 0.544. The van der Waals surface area contributed by atoms with Gasteiger partial charge in [-0.25, -0.2) is 14.6 Å². The lowest BCUT2D eigenvalue weighted by Gasteiger charge is -2.43. The van der Waals surface area contributed by atoms with E-state index in [0.717, 1.165) is 46.6 Å². The molecule has 0 radical (unpaired) electrons. The fourth-order valence-electron chi connectivity index (χ4n) is 5.18. The van der Waals surface area contributed by atoms with Crippen LogP contribution in [0.5, 0.6) is 0 Å². The molecule has 8 heteroatoms. The molecular weight excluding hydrogens is 478 g/mol. The van der Waals surface area contributed by atoms with E-state index in [9.17, 15) is 9.59 Å². The van der Waals surface area contributed by atoms with Crippen LogP contribution in [0.1, 0.15) is 82.5 Å². The molecule has 1 heterocycles. The predicted molar refractivity (Wildman–Crippen MR) is 142 cm³/mol. The highest BCUT2D eigenvalue weighted by atomic mass is 32.2. The molecule has 2 fully saturated rings. The molecule has 2 aliphatic rings. The van der Waals surface area contributed by atoms with Crippen molar-refractivity contribution in [3.8, 4) is 0 Å². The Labute approximate surface area is 217 Å². The van der Waals surface area contributed by atoms with E-state index in [1.54, 1.807) is 37.0 Å². The van der Waals surface area contributed by atoms with Crippen molar-refractivity contribution in [3.63, 3.8) is 0 Å². The van der Waals surface area contributed by atoms with Crippen molar-refractivity contribution in [2.45, 2.75) is 93.3 Å². The number of ether oxygens (including phenoxy) is 1. The zero-order chi connectivity index (χ0) is 24.8. The Hall–Kier alpha value is -2.06. The van der Waals surface area contributed by atoms with E-state index in [1.165, 1.54) is 37.0 Å². The first-order chi connectivity index (χ1) is 16.9. The minimum atomic E-state index is -0.309. The number of anilines is 1. The number of esters is 1. The van der Waals surface area contributed by atoms with Gasteiger partial charge in [0.25, 0.3) is 0 Å². The molecule has 0 bridgehead atoms. The topological polar surface area (TPSA) is 71.5 Å². The van der Waals surface area contributed by atoms with Gasteiger partial charge in [-0.15, -0.1) is 0 Å². The van der Waals surface area contributed by atoms with Crippen LogP contribution >= 0.6 is 23.1 Å². The lowest BCUT2D eigenvalue weighted by molar-refractivity contribution is 0.0526. The number of carbonyl (C=O) groups is 2. The van der Waals surface area contributed by atoms with Crippen LogP contribution in [-0.2, 0) is 4.74 Å². The Morgan fingerprint density at radius 2 is 1.57 bits per heavy atom. The van der Waals surface area contributed by atoms with Gasteiger partial charge in [0, 0.05) is 17.0 Å². The highest BCUT2D eigenvalue weighted by molar-refractivity contribution is 8.01. The predicted octanol–water partition coefficient (Wildman–Crippen LogP) is 7.46. The first kappa shape index (κ1) is 26.0. The van der Waals surface area contributed by atoms with Crippen molar-refractivity contribution >= 4 is 40.2 Å². The van der Waals surface area contributed by atoms with Gasteiger partial charge >= 0.3 is 12.0 Å². The van der Waals surface area contributed by atoms with Gasteiger partial charge in [-0.05, 0) is 94.4 Å². The van der Waals surface area contributed by atoms with Crippen molar-refractivity contribution in [1.82, 2.24) is 9.88 Å². The first-order valence-corrected chi connectivity index (χ1v) is 14.6. The molecule has 0 unspecified atom stereocenters. The van der Waals surface area contributed by atoms with Crippen LogP contribution in [0.25, 0.3) is 0 Å². The van der Waals surface area contributed by atoms with Gasteiger partial charge in [0.2, 0.25) is 0 Å². The van der Waals surface area contributed by atoms with E-state index in [0.29, 0.717) is 29.4 Å². The van der Waals surface area contributed by atoms with Crippen molar-refractivity contribution in [2.24, 2.45) is 11.8 Å². The number of amides is 2. The largest absolute Gasteiger partial charge is 0.462 e. The number of aromatic nitrogens is 1. The molecule has 190 valence electrons. The number of nitrogens with one attached hydrogen (secondary N) is 1. The van der Waals surface area contributed by atoms with Gasteiger partial charge in [0.1, 0.15) is 0 Å². The van der Waals surface area contributed by atoms with E-state index in [1.807, 2.05) is 12.1 Å². The molecule has 35 heavy (non-hydrogen) atoms. The van der Waals surface area contributed by atoms with Crippen LogP contribution in [0.3, 0.4) is 0 Å². The summed E-state index contributed by atoms with van der Waals surface area (Å²) in [6.07, 6.45) is 11.0. The monoisotopic (exact) mass is 515 g/mol. The third-order valence-electron chi connectivity index (χ3n) is 7.27. The molecule has 2 saturated carbocycles. The highest BCUT2D eigenvalue weighted by Crippen LogP contribution is 2.36. The van der Waals surface area contributed by atoms with E-state index < -0.39 is 0 Å².